The van der Waals surface area contributed by atoms with Gasteiger partial charge in [-0.1, -0.05) is 12.1 Å². The van der Waals surface area contributed by atoms with E-state index in [-0.39, 0.29) is 17.6 Å². The molecule has 1 heterocycles. The van der Waals surface area contributed by atoms with Crippen LogP contribution in [0.15, 0.2) is 24.3 Å². The van der Waals surface area contributed by atoms with Crippen molar-refractivity contribution in [3.8, 4) is 5.75 Å². The first-order chi connectivity index (χ1) is 12.3. The minimum absolute atomic E-state index is 0.0783. The Labute approximate surface area is 155 Å². The molecule has 2 N–H and O–H groups in total. The monoisotopic (exact) mass is 384 g/mol. The first kappa shape index (κ1) is 20.7. The third-order valence-electron chi connectivity index (χ3n) is 4.88. The number of carbonyl (C=O) groups excluding carboxylic acids is 1. The van der Waals surface area contributed by atoms with Crippen LogP contribution in [0.3, 0.4) is 0 Å². The molecule has 0 radical (unpaired) electrons. The van der Waals surface area contributed by atoms with E-state index in [1.807, 2.05) is 0 Å². The molecule has 8 heteroatoms. The zero-order valence-electron chi connectivity index (χ0n) is 15.5. The van der Waals surface area contributed by atoms with Crippen molar-refractivity contribution in [2.24, 2.45) is 5.92 Å². The molecule has 2 atom stereocenters. The molecule has 1 saturated heterocycles. The second kappa shape index (κ2) is 8.83. The number of nitrogens with zero attached hydrogens (tertiary/aromatic N) is 1. The van der Waals surface area contributed by atoms with Crippen molar-refractivity contribution in [1.29, 1.82) is 0 Å². The lowest BCUT2D eigenvalue weighted by Gasteiger charge is -2.31. The average molecular weight is 384 g/mol. The Morgan fingerprint density at radius 1 is 1.31 bits per heavy atom. The van der Waals surface area contributed by atoms with Crippen LogP contribution in [0.1, 0.15) is 38.4 Å². The highest BCUT2D eigenvalue weighted by Gasteiger charge is 2.31. The summed E-state index contributed by atoms with van der Waals surface area (Å²) < 4.78 is 30.3. The molecule has 2 rings (SSSR count). The number of carbonyl (C=O) groups is 1. The maximum absolute atomic E-state index is 12.5. The maximum Gasteiger partial charge on any atom is 0.223 e. The number of hydrogen-bond acceptors (Lipinski definition) is 5. The fourth-order valence-electron chi connectivity index (χ4n) is 3.09. The van der Waals surface area contributed by atoms with Gasteiger partial charge in [-0.3, -0.25) is 4.79 Å². The van der Waals surface area contributed by atoms with Crippen LogP contribution in [0.2, 0.25) is 0 Å². The SMILES string of the molecule is CCS(=O)(=O)N1CCC(C(=O)N[C@H](C)[C@H](O)c2ccc(OC)cc2)CC1. The molecular formula is C18H28N2O5S. The first-order valence-corrected chi connectivity index (χ1v) is 10.5. The second-order valence-electron chi connectivity index (χ2n) is 6.59. The van der Waals surface area contributed by atoms with E-state index >= 15 is 0 Å². The number of amides is 1. The van der Waals surface area contributed by atoms with Gasteiger partial charge in [0.25, 0.3) is 0 Å². The molecule has 1 aromatic rings. The molecule has 0 bridgehead atoms. The number of rotatable bonds is 7. The van der Waals surface area contributed by atoms with E-state index in [9.17, 15) is 18.3 Å². The molecule has 1 aliphatic rings. The Morgan fingerprint density at radius 2 is 1.88 bits per heavy atom. The average Bonchev–Trinajstić information content (AvgIpc) is 2.67. The highest BCUT2D eigenvalue weighted by Crippen LogP contribution is 2.23. The van der Waals surface area contributed by atoms with Crippen LogP contribution in [0.5, 0.6) is 5.75 Å². The minimum Gasteiger partial charge on any atom is -0.497 e. The van der Waals surface area contributed by atoms with Crippen LogP contribution >= 0.6 is 0 Å². The van der Waals surface area contributed by atoms with E-state index in [1.54, 1.807) is 45.2 Å². The molecule has 7 nitrogen and oxygen atoms in total. The Balaban J connectivity index is 1.88. The lowest BCUT2D eigenvalue weighted by atomic mass is 9.96. The normalized spacial score (nSPS) is 18.9. The maximum atomic E-state index is 12.5. The number of nitrogens with one attached hydrogen (secondary N) is 1. The van der Waals surface area contributed by atoms with Gasteiger partial charge in [0.15, 0.2) is 0 Å². The number of sulfonamides is 1. The summed E-state index contributed by atoms with van der Waals surface area (Å²) in [4.78, 5) is 12.5. The Kier molecular flexibility index (Phi) is 7.02. The molecule has 146 valence electrons. The van der Waals surface area contributed by atoms with Gasteiger partial charge in [0.05, 0.1) is 25.0 Å². The third-order valence-corrected chi connectivity index (χ3v) is 6.77. The lowest BCUT2D eigenvalue weighted by Crippen LogP contribution is -2.46. The Hall–Kier alpha value is -1.64. The highest BCUT2D eigenvalue weighted by molar-refractivity contribution is 7.89. The number of hydrogen-bond donors (Lipinski definition) is 2. The van der Waals surface area contributed by atoms with Crippen molar-refractivity contribution in [3.05, 3.63) is 29.8 Å². The van der Waals surface area contributed by atoms with Gasteiger partial charge in [-0.05, 0) is 44.4 Å². The molecule has 0 spiro atoms. The van der Waals surface area contributed by atoms with Crippen LogP contribution in [0.25, 0.3) is 0 Å². The number of benzene rings is 1. The van der Waals surface area contributed by atoms with Crippen molar-refractivity contribution in [1.82, 2.24) is 9.62 Å². The first-order valence-electron chi connectivity index (χ1n) is 8.88. The smallest absolute Gasteiger partial charge is 0.223 e. The van der Waals surface area contributed by atoms with Crippen LogP contribution in [-0.4, -0.2) is 55.7 Å². The van der Waals surface area contributed by atoms with E-state index in [1.165, 1.54) is 4.31 Å². The van der Waals surface area contributed by atoms with Crippen LogP contribution in [-0.2, 0) is 14.8 Å². The van der Waals surface area contributed by atoms with Crippen molar-refractivity contribution in [3.63, 3.8) is 0 Å². The summed E-state index contributed by atoms with van der Waals surface area (Å²) in [6, 6.07) is 6.60. The highest BCUT2D eigenvalue weighted by atomic mass is 32.2. The van der Waals surface area contributed by atoms with Gasteiger partial charge in [0, 0.05) is 19.0 Å². The summed E-state index contributed by atoms with van der Waals surface area (Å²) in [6.07, 6.45) is 0.165. The molecule has 26 heavy (non-hydrogen) atoms. The summed E-state index contributed by atoms with van der Waals surface area (Å²) in [5, 5.41) is 13.3. The van der Waals surface area contributed by atoms with E-state index in [0.717, 1.165) is 0 Å². The molecule has 0 aromatic heterocycles. The molecule has 1 aliphatic heterocycles. The zero-order valence-corrected chi connectivity index (χ0v) is 16.3. The topological polar surface area (TPSA) is 95.9 Å². The quantitative estimate of drug-likeness (QED) is 0.739. The number of piperidine rings is 1. The van der Waals surface area contributed by atoms with Crippen molar-refractivity contribution >= 4 is 15.9 Å². The van der Waals surface area contributed by atoms with Crippen LogP contribution < -0.4 is 10.1 Å². The minimum atomic E-state index is -3.20. The number of aliphatic hydroxyl groups is 1. The molecular weight excluding hydrogens is 356 g/mol. The van der Waals surface area contributed by atoms with Gasteiger partial charge in [-0.15, -0.1) is 0 Å². The zero-order chi connectivity index (χ0) is 19.3. The Morgan fingerprint density at radius 3 is 2.38 bits per heavy atom. The van der Waals surface area contributed by atoms with Gasteiger partial charge < -0.3 is 15.2 Å². The molecule has 1 fully saturated rings. The van der Waals surface area contributed by atoms with Crippen LogP contribution in [0, 0.1) is 5.92 Å². The third kappa shape index (κ3) is 4.96. The van der Waals surface area contributed by atoms with E-state index in [0.29, 0.717) is 37.2 Å². The van der Waals surface area contributed by atoms with Gasteiger partial charge in [0.2, 0.25) is 15.9 Å². The number of methoxy groups -OCH3 is 1. The molecule has 1 aromatic carbocycles. The molecule has 0 saturated carbocycles. The standard InChI is InChI=1S/C18H28N2O5S/c1-4-26(23,24)20-11-9-15(10-12-20)18(22)19-13(2)17(21)14-5-7-16(25-3)8-6-14/h5-8,13,15,17,21H,4,9-12H2,1-3H3,(H,19,22)/t13-,17+/m1/s1. The van der Waals surface area contributed by atoms with Crippen LogP contribution in [0.4, 0.5) is 0 Å². The summed E-state index contributed by atoms with van der Waals surface area (Å²) in [5.74, 6) is 0.406. The Bertz CT molecular complexity index is 697. The summed E-state index contributed by atoms with van der Waals surface area (Å²) in [7, 11) is -1.62. The van der Waals surface area contributed by atoms with Gasteiger partial charge in [-0.25, -0.2) is 12.7 Å². The number of aliphatic hydroxyl groups excluding tert-OH is 1. The molecule has 0 aliphatic carbocycles. The van der Waals surface area contributed by atoms with E-state index in [2.05, 4.69) is 5.32 Å². The largest absolute Gasteiger partial charge is 0.497 e. The molecule has 0 unspecified atom stereocenters. The van der Waals surface area contributed by atoms with Gasteiger partial charge >= 0.3 is 0 Å². The van der Waals surface area contributed by atoms with Gasteiger partial charge in [0.1, 0.15) is 5.75 Å². The summed E-state index contributed by atoms with van der Waals surface area (Å²) >= 11 is 0. The van der Waals surface area contributed by atoms with Crippen molar-refractivity contribution in [2.75, 3.05) is 26.0 Å². The fourth-order valence-corrected chi connectivity index (χ4v) is 4.22. The predicted molar refractivity (Wildman–Crippen MR) is 99.3 cm³/mol. The van der Waals surface area contributed by atoms with E-state index in [4.69, 9.17) is 4.74 Å². The van der Waals surface area contributed by atoms with E-state index < -0.39 is 22.2 Å². The lowest BCUT2D eigenvalue weighted by molar-refractivity contribution is -0.127. The second-order valence-corrected chi connectivity index (χ2v) is 8.85. The van der Waals surface area contributed by atoms with Crippen molar-refractivity contribution in [2.45, 2.75) is 38.8 Å². The molecule has 1 amide bonds. The predicted octanol–water partition coefficient (Wildman–Crippen LogP) is 1.30. The summed E-state index contributed by atoms with van der Waals surface area (Å²) in [5.41, 5.74) is 0.697. The fraction of sp³-hybridized carbons (Fsp3) is 0.611. The van der Waals surface area contributed by atoms with Gasteiger partial charge in [-0.2, -0.15) is 0 Å². The van der Waals surface area contributed by atoms with Crippen molar-refractivity contribution < 1.29 is 23.1 Å². The number of ether oxygens (including phenoxy) is 1. The summed E-state index contributed by atoms with van der Waals surface area (Å²) in [6.45, 7) is 4.10.